The zero-order valence-electron chi connectivity index (χ0n) is 10.3. The molecule has 3 nitrogen and oxygen atoms in total. The van der Waals surface area contributed by atoms with Crippen LogP contribution in [0.25, 0.3) is 0 Å². The molecule has 0 aliphatic carbocycles. The average molecular weight is 323 g/mol. The number of carbonyl (C=O) groups excluding carboxylic acids is 1. The molecule has 0 saturated carbocycles. The van der Waals surface area contributed by atoms with Crippen molar-refractivity contribution in [2.45, 2.75) is 13.5 Å². The summed E-state index contributed by atoms with van der Waals surface area (Å²) in [6.45, 7) is 1.90. The van der Waals surface area contributed by atoms with Gasteiger partial charge in [-0.25, -0.2) is 4.39 Å². The fourth-order valence-electron chi connectivity index (χ4n) is 1.67. The van der Waals surface area contributed by atoms with Crippen LogP contribution in [0.3, 0.4) is 0 Å². The van der Waals surface area contributed by atoms with Crippen LogP contribution in [0.1, 0.15) is 21.6 Å². The number of halogens is 2. The van der Waals surface area contributed by atoms with E-state index in [4.69, 9.17) is 0 Å². The van der Waals surface area contributed by atoms with Gasteiger partial charge < -0.3 is 5.32 Å². The lowest BCUT2D eigenvalue weighted by atomic mass is 10.1. The molecule has 0 saturated heterocycles. The summed E-state index contributed by atoms with van der Waals surface area (Å²) in [6, 6.07) is 8.01. The van der Waals surface area contributed by atoms with Gasteiger partial charge >= 0.3 is 0 Å². The number of hydrogen-bond acceptors (Lipinski definition) is 2. The molecule has 0 fully saturated rings. The van der Waals surface area contributed by atoms with Crippen molar-refractivity contribution >= 4 is 21.8 Å². The Bertz CT molecular complexity index is 616. The molecule has 0 atom stereocenters. The quantitative estimate of drug-likeness (QED) is 0.942. The largest absolute Gasteiger partial charge is 0.348 e. The van der Waals surface area contributed by atoms with Gasteiger partial charge in [0.15, 0.2) is 0 Å². The first-order chi connectivity index (χ1) is 9.08. The second kappa shape index (κ2) is 5.93. The van der Waals surface area contributed by atoms with Crippen molar-refractivity contribution in [3.63, 3.8) is 0 Å². The van der Waals surface area contributed by atoms with E-state index in [9.17, 15) is 9.18 Å². The van der Waals surface area contributed by atoms with Gasteiger partial charge in [-0.3, -0.25) is 9.78 Å². The van der Waals surface area contributed by atoms with E-state index in [1.807, 2.05) is 0 Å². The lowest BCUT2D eigenvalue weighted by molar-refractivity contribution is 0.0949. The highest BCUT2D eigenvalue weighted by Gasteiger charge is 2.10. The molecule has 98 valence electrons. The van der Waals surface area contributed by atoms with Crippen LogP contribution in [0.2, 0.25) is 0 Å². The third-order valence-corrected chi connectivity index (χ3v) is 3.19. The number of rotatable bonds is 3. The molecule has 0 aliphatic heterocycles. The van der Waals surface area contributed by atoms with Crippen molar-refractivity contribution in [2.24, 2.45) is 0 Å². The zero-order valence-corrected chi connectivity index (χ0v) is 11.9. The minimum Gasteiger partial charge on any atom is -0.348 e. The fourth-order valence-corrected chi connectivity index (χ4v) is 2.08. The number of aryl methyl sites for hydroxylation is 1. The van der Waals surface area contributed by atoms with Gasteiger partial charge in [0.1, 0.15) is 5.82 Å². The van der Waals surface area contributed by atoms with E-state index in [1.165, 1.54) is 6.07 Å². The first kappa shape index (κ1) is 13.7. The van der Waals surface area contributed by atoms with Gasteiger partial charge in [0.05, 0.1) is 5.56 Å². The highest BCUT2D eigenvalue weighted by Crippen LogP contribution is 2.15. The van der Waals surface area contributed by atoms with Crippen LogP contribution in [0.5, 0.6) is 0 Å². The molecule has 0 bridgehead atoms. The summed E-state index contributed by atoms with van der Waals surface area (Å²) in [4.78, 5) is 16.0. The predicted octanol–water partition coefficient (Wildman–Crippen LogP) is 3.22. The molecule has 0 aliphatic rings. The van der Waals surface area contributed by atoms with Crippen molar-refractivity contribution in [1.29, 1.82) is 0 Å². The van der Waals surface area contributed by atoms with Gasteiger partial charge in [-0.1, -0.05) is 15.9 Å². The molecule has 1 aromatic carbocycles. The molecular formula is C14H12BrFN2O. The van der Waals surface area contributed by atoms with E-state index in [-0.39, 0.29) is 18.3 Å². The van der Waals surface area contributed by atoms with Crippen LogP contribution in [0, 0.1) is 12.7 Å². The third-order valence-electron chi connectivity index (χ3n) is 2.70. The maximum absolute atomic E-state index is 13.5. The van der Waals surface area contributed by atoms with Crippen molar-refractivity contribution in [1.82, 2.24) is 10.3 Å². The average Bonchev–Trinajstić information content (AvgIpc) is 2.40. The Kier molecular flexibility index (Phi) is 4.27. The molecule has 2 rings (SSSR count). The SMILES string of the molecule is Cc1ncccc1C(=O)NCc1cc(Br)ccc1F. The molecule has 0 spiro atoms. The smallest absolute Gasteiger partial charge is 0.253 e. The lowest BCUT2D eigenvalue weighted by Gasteiger charge is -2.08. The first-order valence-electron chi connectivity index (χ1n) is 5.71. The standard InChI is InChI=1S/C14H12BrFN2O/c1-9-12(3-2-6-17-9)14(19)18-8-10-7-11(15)4-5-13(10)16/h2-7H,8H2,1H3,(H,18,19). The second-order valence-electron chi connectivity index (χ2n) is 4.05. The number of carbonyl (C=O) groups is 1. The molecule has 1 aromatic heterocycles. The van der Waals surface area contributed by atoms with E-state index >= 15 is 0 Å². The van der Waals surface area contributed by atoms with Crippen LogP contribution >= 0.6 is 15.9 Å². The third kappa shape index (κ3) is 3.38. The number of pyridine rings is 1. The number of aromatic nitrogens is 1. The monoisotopic (exact) mass is 322 g/mol. The maximum atomic E-state index is 13.5. The topological polar surface area (TPSA) is 42.0 Å². The Labute approximate surface area is 119 Å². The summed E-state index contributed by atoms with van der Waals surface area (Å²) in [5.74, 6) is -0.601. The summed E-state index contributed by atoms with van der Waals surface area (Å²) in [6.07, 6.45) is 1.63. The van der Waals surface area contributed by atoms with Gasteiger partial charge in [-0.05, 0) is 37.3 Å². The van der Waals surface area contributed by atoms with Gasteiger partial charge in [0.2, 0.25) is 0 Å². The summed E-state index contributed by atoms with van der Waals surface area (Å²) in [5.41, 5.74) is 1.58. The summed E-state index contributed by atoms with van der Waals surface area (Å²) < 4.78 is 14.3. The highest BCUT2D eigenvalue weighted by atomic mass is 79.9. The van der Waals surface area contributed by atoms with Crippen molar-refractivity contribution in [3.8, 4) is 0 Å². The Morgan fingerprint density at radius 3 is 2.95 bits per heavy atom. The van der Waals surface area contributed by atoms with Gasteiger partial charge in [-0.15, -0.1) is 0 Å². The minimum atomic E-state index is -0.341. The normalized spacial score (nSPS) is 10.3. The zero-order chi connectivity index (χ0) is 13.8. The summed E-state index contributed by atoms with van der Waals surface area (Å²) >= 11 is 3.27. The number of benzene rings is 1. The lowest BCUT2D eigenvalue weighted by Crippen LogP contribution is -2.24. The number of nitrogens with zero attached hydrogens (tertiary/aromatic N) is 1. The predicted molar refractivity (Wildman–Crippen MR) is 74.2 cm³/mol. The van der Waals surface area contributed by atoms with Crippen LogP contribution in [0.4, 0.5) is 4.39 Å². The number of hydrogen-bond donors (Lipinski definition) is 1. The molecule has 1 heterocycles. The van der Waals surface area contributed by atoms with Crippen LogP contribution in [0.15, 0.2) is 41.0 Å². The van der Waals surface area contributed by atoms with Crippen LogP contribution in [-0.2, 0) is 6.54 Å². The Morgan fingerprint density at radius 2 is 2.21 bits per heavy atom. The second-order valence-corrected chi connectivity index (χ2v) is 4.97. The molecule has 5 heteroatoms. The van der Waals surface area contributed by atoms with Gasteiger partial charge in [-0.2, -0.15) is 0 Å². The summed E-state index contributed by atoms with van der Waals surface area (Å²) in [7, 11) is 0. The van der Waals surface area contributed by atoms with E-state index in [1.54, 1.807) is 37.4 Å². The Morgan fingerprint density at radius 1 is 1.42 bits per heavy atom. The van der Waals surface area contributed by atoms with E-state index in [2.05, 4.69) is 26.2 Å². The maximum Gasteiger partial charge on any atom is 0.253 e. The van der Waals surface area contributed by atoms with E-state index in [0.29, 0.717) is 16.8 Å². The minimum absolute atomic E-state index is 0.137. The number of nitrogens with one attached hydrogen (secondary N) is 1. The van der Waals surface area contributed by atoms with Crippen molar-refractivity contribution in [3.05, 3.63) is 63.6 Å². The van der Waals surface area contributed by atoms with E-state index in [0.717, 1.165) is 4.47 Å². The van der Waals surface area contributed by atoms with Gasteiger partial charge in [0.25, 0.3) is 5.91 Å². The summed E-state index contributed by atoms with van der Waals surface area (Å²) in [5, 5.41) is 2.68. The van der Waals surface area contributed by atoms with Crippen LogP contribution in [-0.4, -0.2) is 10.9 Å². The first-order valence-corrected chi connectivity index (χ1v) is 6.51. The highest BCUT2D eigenvalue weighted by molar-refractivity contribution is 9.10. The van der Waals surface area contributed by atoms with Crippen molar-refractivity contribution < 1.29 is 9.18 Å². The Hall–Kier alpha value is -1.75. The molecule has 19 heavy (non-hydrogen) atoms. The van der Waals surface area contributed by atoms with Gasteiger partial charge in [0, 0.05) is 28.5 Å². The molecule has 0 radical (unpaired) electrons. The molecule has 2 aromatic rings. The van der Waals surface area contributed by atoms with Crippen LogP contribution < -0.4 is 5.32 Å². The fraction of sp³-hybridized carbons (Fsp3) is 0.143. The molecule has 1 N–H and O–H groups in total. The van der Waals surface area contributed by atoms with E-state index < -0.39 is 0 Å². The van der Waals surface area contributed by atoms with Crippen molar-refractivity contribution in [2.75, 3.05) is 0 Å². The molecular weight excluding hydrogens is 311 g/mol. The Balaban J connectivity index is 2.09. The number of amides is 1. The molecule has 0 unspecified atom stereocenters. The molecule has 1 amide bonds.